The number of ether oxygens (including phenoxy) is 2. The van der Waals surface area contributed by atoms with E-state index in [1.807, 2.05) is 10.6 Å². The van der Waals surface area contributed by atoms with Crippen molar-refractivity contribution in [3.63, 3.8) is 0 Å². The minimum absolute atomic E-state index is 0.0615. The van der Waals surface area contributed by atoms with Crippen LogP contribution in [-0.2, 0) is 12.7 Å². The number of benzene rings is 2. The molecule has 0 saturated heterocycles. The van der Waals surface area contributed by atoms with Crippen LogP contribution in [0.15, 0.2) is 54.7 Å². The van der Waals surface area contributed by atoms with Crippen molar-refractivity contribution in [1.82, 2.24) is 14.5 Å². The molecule has 10 heteroatoms. The first-order valence-electron chi connectivity index (χ1n) is 9.85. The Kier molecular flexibility index (Phi) is 4.89. The molecule has 5 rings (SSSR count). The van der Waals surface area contributed by atoms with Crippen LogP contribution in [-0.4, -0.2) is 27.2 Å². The molecule has 1 aliphatic heterocycles. The summed E-state index contributed by atoms with van der Waals surface area (Å²) in [6.45, 7) is 0.679. The quantitative estimate of drug-likeness (QED) is 0.407. The normalized spacial score (nSPS) is 15.2. The van der Waals surface area contributed by atoms with Crippen LogP contribution in [0, 0.1) is 17.1 Å². The van der Waals surface area contributed by atoms with Crippen LogP contribution >= 0.6 is 0 Å². The third-order valence-corrected chi connectivity index (χ3v) is 5.24. The molecule has 0 radical (unpaired) electrons. The molecule has 2 aromatic carbocycles. The highest BCUT2D eigenvalue weighted by molar-refractivity contribution is 5.78. The van der Waals surface area contributed by atoms with E-state index < -0.39 is 17.6 Å². The van der Waals surface area contributed by atoms with Gasteiger partial charge >= 0.3 is 6.18 Å². The first kappa shape index (κ1) is 20.8. The maximum absolute atomic E-state index is 14.1. The first-order valence-corrected chi connectivity index (χ1v) is 9.85. The monoisotopic (exact) mass is 454 g/mol. The van der Waals surface area contributed by atoms with Crippen LogP contribution in [0.2, 0.25) is 0 Å². The lowest BCUT2D eigenvalue weighted by molar-refractivity contribution is -0.137. The molecule has 0 unspecified atom stereocenters. The van der Waals surface area contributed by atoms with Crippen molar-refractivity contribution >= 4 is 11.0 Å². The molecule has 0 spiro atoms. The predicted molar refractivity (Wildman–Crippen MR) is 109 cm³/mol. The standard InChI is InChI=1S/C23H14F4N4O2/c24-18-4-2-14(23(25,26)27)8-17(18)19-5-3-15(10-29-19)32-12-16-11-31-21-6-1-13(9-28)7-20(21)30-22(31)33-16/h1-8,10,16H,11-12H2/t16-/m0/s1. The number of halogens is 4. The lowest BCUT2D eigenvalue weighted by atomic mass is 10.1. The fourth-order valence-electron chi connectivity index (χ4n) is 3.63. The number of aromatic nitrogens is 3. The van der Waals surface area contributed by atoms with E-state index in [1.54, 1.807) is 12.1 Å². The smallest absolute Gasteiger partial charge is 0.416 e. The van der Waals surface area contributed by atoms with Crippen molar-refractivity contribution in [3.05, 3.63) is 71.7 Å². The number of alkyl halides is 3. The average Bonchev–Trinajstić information content (AvgIpc) is 3.34. The lowest BCUT2D eigenvalue weighted by Gasteiger charge is -2.12. The molecular formula is C23H14F4N4O2. The Morgan fingerprint density at radius 3 is 2.73 bits per heavy atom. The summed E-state index contributed by atoms with van der Waals surface area (Å²) in [7, 11) is 0. The number of nitrogens with zero attached hydrogens (tertiary/aromatic N) is 4. The van der Waals surface area contributed by atoms with E-state index in [1.165, 1.54) is 18.3 Å². The van der Waals surface area contributed by atoms with Gasteiger partial charge in [-0.25, -0.2) is 4.39 Å². The topological polar surface area (TPSA) is 73.0 Å². The summed E-state index contributed by atoms with van der Waals surface area (Å²) >= 11 is 0. The largest absolute Gasteiger partial charge is 0.488 e. The molecule has 1 atom stereocenters. The van der Waals surface area contributed by atoms with Gasteiger partial charge in [0.05, 0.1) is 46.7 Å². The lowest BCUT2D eigenvalue weighted by Crippen LogP contribution is -2.23. The highest BCUT2D eigenvalue weighted by Gasteiger charge is 2.31. The first-order chi connectivity index (χ1) is 15.8. The average molecular weight is 454 g/mol. The Morgan fingerprint density at radius 1 is 1.15 bits per heavy atom. The van der Waals surface area contributed by atoms with Crippen molar-refractivity contribution in [2.24, 2.45) is 0 Å². The van der Waals surface area contributed by atoms with Gasteiger partial charge in [0.25, 0.3) is 6.01 Å². The van der Waals surface area contributed by atoms with Gasteiger partial charge in [-0.1, -0.05) is 0 Å². The van der Waals surface area contributed by atoms with Crippen LogP contribution in [0.4, 0.5) is 17.6 Å². The van der Waals surface area contributed by atoms with Crippen LogP contribution in [0.1, 0.15) is 11.1 Å². The molecule has 33 heavy (non-hydrogen) atoms. The van der Waals surface area contributed by atoms with E-state index in [0.717, 1.165) is 17.6 Å². The van der Waals surface area contributed by atoms with E-state index in [0.29, 0.717) is 35.5 Å². The van der Waals surface area contributed by atoms with Crippen LogP contribution in [0.3, 0.4) is 0 Å². The third-order valence-electron chi connectivity index (χ3n) is 5.24. The summed E-state index contributed by atoms with van der Waals surface area (Å²) < 4.78 is 66.3. The second-order valence-corrected chi connectivity index (χ2v) is 7.44. The van der Waals surface area contributed by atoms with Crippen molar-refractivity contribution in [3.8, 4) is 29.1 Å². The van der Waals surface area contributed by atoms with E-state index in [4.69, 9.17) is 14.7 Å². The minimum Gasteiger partial charge on any atom is -0.488 e. The van der Waals surface area contributed by atoms with Gasteiger partial charge in [-0.2, -0.15) is 23.4 Å². The molecule has 6 nitrogen and oxygen atoms in total. The zero-order valence-electron chi connectivity index (χ0n) is 16.8. The van der Waals surface area contributed by atoms with Crippen LogP contribution in [0.5, 0.6) is 11.8 Å². The zero-order chi connectivity index (χ0) is 23.2. The van der Waals surface area contributed by atoms with Gasteiger partial charge in [-0.15, -0.1) is 0 Å². The number of nitriles is 1. The maximum Gasteiger partial charge on any atom is 0.416 e. The molecule has 1 aliphatic rings. The van der Waals surface area contributed by atoms with E-state index in [9.17, 15) is 17.6 Å². The Labute approximate surface area is 184 Å². The number of pyridine rings is 1. The van der Waals surface area contributed by atoms with Crippen molar-refractivity contribution in [1.29, 1.82) is 5.26 Å². The van der Waals surface area contributed by atoms with Crippen LogP contribution in [0.25, 0.3) is 22.3 Å². The summed E-state index contributed by atoms with van der Waals surface area (Å²) in [6.07, 6.45) is -3.57. The number of hydrogen-bond acceptors (Lipinski definition) is 5. The van der Waals surface area contributed by atoms with Gasteiger partial charge in [0.15, 0.2) is 6.10 Å². The molecule has 0 aliphatic carbocycles. The van der Waals surface area contributed by atoms with Crippen molar-refractivity contribution in [2.75, 3.05) is 6.61 Å². The molecule has 2 aromatic heterocycles. The Balaban J connectivity index is 1.26. The fourth-order valence-corrected chi connectivity index (χ4v) is 3.63. The maximum atomic E-state index is 14.1. The van der Waals surface area contributed by atoms with E-state index >= 15 is 0 Å². The molecule has 0 bridgehead atoms. The van der Waals surface area contributed by atoms with Gasteiger partial charge in [-0.05, 0) is 48.5 Å². The summed E-state index contributed by atoms with van der Waals surface area (Å²) in [6, 6.07) is 12.8. The Hall–Kier alpha value is -4.13. The Bertz CT molecular complexity index is 1390. The van der Waals surface area contributed by atoms with Crippen molar-refractivity contribution in [2.45, 2.75) is 18.8 Å². The summed E-state index contributed by atoms with van der Waals surface area (Å²) in [4.78, 5) is 8.44. The highest BCUT2D eigenvalue weighted by atomic mass is 19.4. The molecule has 4 aromatic rings. The van der Waals surface area contributed by atoms with Gasteiger partial charge in [-0.3, -0.25) is 9.55 Å². The van der Waals surface area contributed by atoms with Crippen LogP contribution < -0.4 is 9.47 Å². The van der Waals surface area contributed by atoms with E-state index in [-0.39, 0.29) is 24.0 Å². The number of rotatable bonds is 4. The molecule has 0 amide bonds. The molecular weight excluding hydrogens is 440 g/mol. The molecule has 0 saturated carbocycles. The molecule has 3 heterocycles. The fraction of sp³-hybridized carbons (Fsp3) is 0.174. The molecule has 0 N–H and O–H groups in total. The number of hydrogen-bond donors (Lipinski definition) is 0. The van der Waals surface area contributed by atoms with E-state index in [2.05, 4.69) is 16.0 Å². The summed E-state index contributed by atoms with van der Waals surface area (Å²) in [5.41, 5.74) is 0.901. The summed E-state index contributed by atoms with van der Waals surface area (Å²) in [5.74, 6) is -0.435. The Morgan fingerprint density at radius 2 is 2.00 bits per heavy atom. The van der Waals surface area contributed by atoms with Gasteiger partial charge in [0.2, 0.25) is 0 Å². The summed E-state index contributed by atoms with van der Waals surface area (Å²) in [5, 5.41) is 9.00. The second-order valence-electron chi connectivity index (χ2n) is 7.44. The number of fused-ring (bicyclic) bond motifs is 3. The van der Waals surface area contributed by atoms with Crippen molar-refractivity contribution < 1.29 is 27.0 Å². The minimum atomic E-state index is -4.58. The van der Waals surface area contributed by atoms with Gasteiger partial charge < -0.3 is 9.47 Å². The third kappa shape index (κ3) is 3.93. The zero-order valence-corrected chi connectivity index (χ0v) is 16.8. The molecule has 0 fully saturated rings. The molecule has 166 valence electrons. The predicted octanol–water partition coefficient (Wildman–Crippen LogP) is 4.97. The SMILES string of the molecule is N#Cc1ccc2c(c1)nc1n2C[C@@H](COc2ccc(-c3cc(C(F)(F)F)ccc3F)nc2)O1. The van der Waals surface area contributed by atoms with Gasteiger partial charge in [0, 0.05) is 5.56 Å². The van der Waals surface area contributed by atoms with Gasteiger partial charge in [0.1, 0.15) is 18.2 Å². The number of imidazole rings is 1. The second kappa shape index (κ2) is 7.78. The highest BCUT2D eigenvalue weighted by Crippen LogP contribution is 2.33.